The summed E-state index contributed by atoms with van der Waals surface area (Å²) in [6.45, 7) is 4.09. The minimum absolute atomic E-state index is 0.0958. The van der Waals surface area contributed by atoms with Crippen LogP contribution in [-0.4, -0.2) is 48.5 Å². The van der Waals surface area contributed by atoms with Gasteiger partial charge in [0.05, 0.1) is 5.56 Å². The molecule has 2 aromatic rings. The van der Waals surface area contributed by atoms with Gasteiger partial charge in [0.15, 0.2) is 6.29 Å². The van der Waals surface area contributed by atoms with E-state index >= 15 is 0 Å². The normalized spacial score (nSPS) is 16.4. The number of aryl methyl sites for hydroxylation is 1. The standard InChI is InChI=1S/C29H34FN3O4/c1-2-5-27(28(36)31-19-35)33-17-24-23(29(33)37)8-4-9-26(24)32-14-12-20(13-15-32)6-3-7-21-10-11-22(18-34)25(30)16-21/h4,8-11,16,18-20,27H,2-3,5-7,12-15,17H2,1H3,(H,31,35,36). The number of hydrogen-bond acceptors (Lipinski definition) is 5. The largest absolute Gasteiger partial charge is 0.371 e. The third-order valence-electron chi connectivity index (χ3n) is 7.64. The number of carbonyl (C=O) groups excluding carboxylic acids is 4. The fourth-order valence-corrected chi connectivity index (χ4v) is 5.62. The topological polar surface area (TPSA) is 86.8 Å². The molecule has 2 aliphatic heterocycles. The lowest BCUT2D eigenvalue weighted by Gasteiger charge is -2.35. The second-order valence-electron chi connectivity index (χ2n) is 9.96. The van der Waals surface area contributed by atoms with Crippen LogP contribution in [0.25, 0.3) is 0 Å². The van der Waals surface area contributed by atoms with E-state index in [1.165, 1.54) is 6.07 Å². The van der Waals surface area contributed by atoms with Gasteiger partial charge >= 0.3 is 0 Å². The first-order valence-corrected chi connectivity index (χ1v) is 13.1. The molecule has 1 saturated heterocycles. The fourth-order valence-electron chi connectivity index (χ4n) is 5.62. The molecule has 196 valence electrons. The minimum atomic E-state index is -0.670. The smallest absolute Gasteiger partial charge is 0.255 e. The number of benzene rings is 2. The third-order valence-corrected chi connectivity index (χ3v) is 7.64. The molecule has 0 aliphatic carbocycles. The third kappa shape index (κ3) is 5.89. The zero-order chi connectivity index (χ0) is 26.4. The lowest BCUT2D eigenvalue weighted by atomic mass is 9.90. The van der Waals surface area contributed by atoms with Crippen molar-refractivity contribution in [1.29, 1.82) is 0 Å². The van der Waals surface area contributed by atoms with E-state index in [4.69, 9.17) is 0 Å². The highest BCUT2D eigenvalue weighted by Crippen LogP contribution is 2.36. The van der Waals surface area contributed by atoms with E-state index in [1.54, 1.807) is 11.0 Å². The van der Waals surface area contributed by atoms with Gasteiger partial charge in [-0.15, -0.1) is 0 Å². The Morgan fingerprint density at radius 3 is 2.65 bits per heavy atom. The van der Waals surface area contributed by atoms with Gasteiger partial charge < -0.3 is 9.80 Å². The van der Waals surface area contributed by atoms with Crippen molar-refractivity contribution in [2.75, 3.05) is 18.0 Å². The van der Waals surface area contributed by atoms with Gasteiger partial charge in [0.2, 0.25) is 12.3 Å². The summed E-state index contributed by atoms with van der Waals surface area (Å²) in [5, 5.41) is 2.22. The van der Waals surface area contributed by atoms with E-state index in [0.717, 1.165) is 68.4 Å². The maximum absolute atomic E-state index is 13.8. The quantitative estimate of drug-likeness (QED) is 0.459. The maximum atomic E-state index is 13.8. The van der Waals surface area contributed by atoms with Crippen molar-refractivity contribution in [2.45, 2.75) is 64.5 Å². The van der Waals surface area contributed by atoms with Gasteiger partial charge in [-0.25, -0.2) is 4.39 Å². The molecule has 0 spiro atoms. The summed E-state index contributed by atoms with van der Waals surface area (Å²) in [4.78, 5) is 51.2. The molecule has 7 nitrogen and oxygen atoms in total. The lowest BCUT2D eigenvalue weighted by molar-refractivity contribution is -0.129. The van der Waals surface area contributed by atoms with Crippen LogP contribution in [0.3, 0.4) is 0 Å². The van der Waals surface area contributed by atoms with Crippen LogP contribution >= 0.6 is 0 Å². The highest BCUT2D eigenvalue weighted by atomic mass is 19.1. The van der Waals surface area contributed by atoms with Crippen LogP contribution in [-0.2, 0) is 22.6 Å². The van der Waals surface area contributed by atoms with Crippen molar-refractivity contribution in [3.05, 3.63) is 64.5 Å². The zero-order valence-corrected chi connectivity index (χ0v) is 21.2. The van der Waals surface area contributed by atoms with Crippen LogP contribution in [0.4, 0.5) is 10.1 Å². The van der Waals surface area contributed by atoms with Gasteiger partial charge in [-0.05, 0) is 74.3 Å². The van der Waals surface area contributed by atoms with E-state index in [2.05, 4.69) is 10.2 Å². The monoisotopic (exact) mass is 507 g/mol. The van der Waals surface area contributed by atoms with Crippen LogP contribution in [0.5, 0.6) is 0 Å². The Balaban J connectivity index is 1.35. The molecule has 2 aliphatic rings. The van der Waals surface area contributed by atoms with Crippen LogP contribution in [0.1, 0.15) is 77.3 Å². The first kappa shape index (κ1) is 26.5. The molecule has 2 heterocycles. The number of fused-ring (bicyclic) bond motifs is 1. The van der Waals surface area contributed by atoms with Gasteiger partial charge in [0.25, 0.3) is 5.91 Å². The van der Waals surface area contributed by atoms with Crippen molar-refractivity contribution in [1.82, 2.24) is 10.2 Å². The van der Waals surface area contributed by atoms with E-state index in [-0.39, 0.29) is 11.5 Å². The summed E-state index contributed by atoms with van der Waals surface area (Å²) in [6.07, 6.45) is 7.03. The molecule has 0 radical (unpaired) electrons. The van der Waals surface area contributed by atoms with E-state index in [0.29, 0.717) is 37.1 Å². The number of amides is 3. The average Bonchev–Trinajstić information content (AvgIpc) is 3.24. The number of hydrogen-bond donors (Lipinski definition) is 1. The molecule has 4 rings (SSSR count). The Hall–Kier alpha value is -3.55. The summed E-state index contributed by atoms with van der Waals surface area (Å²) in [5.41, 5.74) is 3.64. The molecule has 3 amide bonds. The van der Waals surface area contributed by atoms with Gasteiger partial charge in [0.1, 0.15) is 11.9 Å². The van der Waals surface area contributed by atoms with Crippen LogP contribution in [0, 0.1) is 11.7 Å². The number of nitrogens with one attached hydrogen (secondary N) is 1. The highest BCUT2D eigenvalue weighted by molar-refractivity contribution is 6.03. The number of piperidine rings is 1. The molecule has 2 aromatic carbocycles. The second kappa shape index (κ2) is 12.1. The summed E-state index contributed by atoms with van der Waals surface area (Å²) in [6, 6.07) is 9.92. The van der Waals surface area contributed by atoms with E-state index < -0.39 is 17.8 Å². The molecule has 1 atom stereocenters. The Morgan fingerprint density at radius 1 is 1.19 bits per heavy atom. The molecular formula is C29H34FN3O4. The molecule has 1 fully saturated rings. The number of carbonyl (C=O) groups is 4. The van der Waals surface area contributed by atoms with Crippen molar-refractivity contribution in [3.63, 3.8) is 0 Å². The van der Waals surface area contributed by atoms with Crippen LogP contribution in [0.2, 0.25) is 0 Å². The summed E-state index contributed by atoms with van der Waals surface area (Å²) < 4.78 is 13.8. The number of aldehydes is 1. The summed E-state index contributed by atoms with van der Waals surface area (Å²) in [7, 11) is 0. The van der Waals surface area contributed by atoms with Gasteiger partial charge in [-0.2, -0.15) is 0 Å². The van der Waals surface area contributed by atoms with E-state index in [9.17, 15) is 23.6 Å². The Morgan fingerprint density at radius 2 is 1.97 bits per heavy atom. The van der Waals surface area contributed by atoms with Gasteiger partial charge in [-0.1, -0.05) is 25.5 Å². The Kier molecular flexibility index (Phi) is 8.69. The van der Waals surface area contributed by atoms with Crippen LogP contribution < -0.4 is 10.2 Å². The summed E-state index contributed by atoms with van der Waals surface area (Å²) >= 11 is 0. The molecule has 0 aromatic heterocycles. The molecule has 37 heavy (non-hydrogen) atoms. The number of imide groups is 1. The fraction of sp³-hybridized carbons (Fsp3) is 0.448. The summed E-state index contributed by atoms with van der Waals surface area (Å²) in [5.74, 6) is -0.475. The van der Waals surface area contributed by atoms with E-state index in [1.807, 2.05) is 31.2 Å². The second-order valence-corrected chi connectivity index (χ2v) is 9.96. The predicted molar refractivity (Wildman–Crippen MR) is 139 cm³/mol. The predicted octanol–water partition coefficient (Wildman–Crippen LogP) is 4.27. The van der Waals surface area contributed by atoms with Crippen molar-refractivity contribution < 1.29 is 23.6 Å². The Bertz CT molecular complexity index is 1160. The molecular weight excluding hydrogens is 473 g/mol. The van der Waals surface area contributed by atoms with Crippen molar-refractivity contribution >= 4 is 30.2 Å². The first-order valence-electron chi connectivity index (χ1n) is 13.1. The Labute approximate surface area is 217 Å². The zero-order valence-electron chi connectivity index (χ0n) is 21.2. The van der Waals surface area contributed by atoms with Crippen molar-refractivity contribution in [3.8, 4) is 0 Å². The van der Waals surface area contributed by atoms with Crippen molar-refractivity contribution in [2.24, 2.45) is 5.92 Å². The molecule has 1 N–H and O–H groups in total. The number of rotatable bonds is 11. The number of nitrogens with zero attached hydrogens (tertiary/aromatic N) is 2. The molecule has 8 heteroatoms. The molecule has 0 bridgehead atoms. The minimum Gasteiger partial charge on any atom is -0.371 e. The first-order chi connectivity index (χ1) is 18.0. The number of halogens is 1. The van der Waals surface area contributed by atoms with Gasteiger partial charge in [0, 0.05) is 36.4 Å². The number of anilines is 1. The lowest BCUT2D eigenvalue weighted by Crippen LogP contribution is -2.46. The maximum Gasteiger partial charge on any atom is 0.255 e. The average molecular weight is 508 g/mol. The molecule has 0 saturated carbocycles. The van der Waals surface area contributed by atoms with Crippen LogP contribution in [0.15, 0.2) is 36.4 Å². The SMILES string of the molecule is CCCC(C(=O)NC=O)N1Cc2c(cccc2N2CCC(CCCc3ccc(C=O)c(F)c3)CC2)C1=O. The van der Waals surface area contributed by atoms with Gasteiger partial charge in [-0.3, -0.25) is 24.5 Å². The highest BCUT2D eigenvalue weighted by Gasteiger charge is 2.38. The molecule has 1 unspecified atom stereocenters.